The monoisotopic (exact) mass is 2140 g/mol. The fourth-order valence-electron chi connectivity index (χ4n) is 16.4. The number of hydrogen-bond acceptors (Lipinski definition) is 17. The van der Waals surface area contributed by atoms with E-state index < -0.39 is 71.2 Å². The summed E-state index contributed by atoms with van der Waals surface area (Å²) in [6.45, 7) is 22.1. The molecule has 4 N–H and O–H groups in total. The fourth-order valence-corrected chi connectivity index (χ4v) is 20.4. The fraction of sp³-hybridized carbons (Fsp3) is 0.381. The highest BCUT2D eigenvalue weighted by molar-refractivity contribution is 7.11. The van der Waals surface area contributed by atoms with Crippen LogP contribution >= 0.6 is 153 Å². The molecule has 6 aromatic carbocycles. The van der Waals surface area contributed by atoms with Gasteiger partial charge in [0, 0.05) is 149 Å². The number of nitrogens with one attached hydrogen (secondary N) is 4. The van der Waals surface area contributed by atoms with Crippen molar-refractivity contribution in [1.82, 2.24) is 40.9 Å². The number of halogens is 15. The lowest BCUT2D eigenvalue weighted by molar-refractivity contribution is -0.138. The van der Waals surface area contributed by atoms with Gasteiger partial charge in [-0.25, -0.2) is 0 Å². The van der Waals surface area contributed by atoms with Gasteiger partial charge in [0.15, 0.2) is 0 Å². The van der Waals surface area contributed by atoms with Crippen molar-refractivity contribution in [1.29, 1.82) is 0 Å². The zero-order valence-electron chi connectivity index (χ0n) is 76.1. The van der Waals surface area contributed by atoms with E-state index >= 15 is 0 Å². The van der Waals surface area contributed by atoms with Crippen LogP contribution in [0.3, 0.4) is 0 Å². The van der Waals surface area contributed by atoms with Gasteiger partial charge in [0.1, 0.15) is 59.2 Å². The Morgan fingerprint density at radius 3 is 1.13 bits per heavy atom. The molecule has 0 saturated carbocycles. The van der Waals surface area contributed by atoms with Crippen molar-refractivity contribution in [3.63, 3.8) is 0 Å². The number of rotatable bonds is 26. The number of nitrogens with zero attached hydrogens (tertiary/aromatic N) is 8. The lowest BCUT2D eigenvalue weighted by Gasteiger charge is -2.40. The molecule has 10 aromatic rings. The normalized spacial score (nSPS) is 17.3. The van der Waals surface area contributed by atoms with Crippen LogP contribution in [0.1, 0.15) is 113 Å². The Morgan fingerprint density at radius 2 is 0.766 bits per heavy atom. The third-order valence-corrected chi connectivity index (χ3v) is 27.7. The van der Waals surface area contributed by atoms with Crippen LogP contribution in [0.4, 0.5) is 49.1 Å². The topological polar surface area (TPSA) is 220 Å². The second kappa shape index (κ2) is 54.6. The molecule has 4 aliphatic rings. The molecule has 40 heteroatoms. The SMILES string of the molecule is CC(C)[C@H]1CN(C(=O)[C@@H](c2cccs2)N(C(=O)CCl)c2cccc(C(F)(F)F)c2)CCN1.CC(C)[C@H]1CN(C(=O)[C@H](c2cccs2)N(C(=O)CCl)c2cccc(C(F)(F)F)c2)CCN1.Cc1cc(Cl)ccc1N(C(=O)CCl)C(C(=O)N1C[C@@H](C)N[C@@H](C)C1)c1cccs1.Cc1cc(Oc2ccccc2)ccc1N(C(=O)CCl)C(C(=O)N1CCNC(Cc2ccccc2)C1)c1cccs1.Cl.Cl.Cl.Cl. The van der Waals surface area contributed by atoms with Crippen molar-refractivity contribution >= 4 is 223 Å². The number of para-hydroxylation sites is 1. The second-order valence-electron chi connectivity index (χ2n) is 33.2. The number of anilines is 4. The smallest absolute Gasteiger partial charge is 0.416 e. The van der Waals surface area contributed by atoms with Crippen LogP contribution in [0, 0.1) is 25.7 Å². The molecule has 137 heavy (non-hydrogen) atoms. The van der Waals surface area contributed by atoms with Crippen LogP contribution in [0.25, 0.3) is 0 Å². The number of thiophene rings is 4. The zero-order valence-corrected chi connectivity index (χ0v) is 86.4. The molecule has 4 aliphatic heterocycles. The predicted molar refractivity (Wildman–Crippen MR) is 550 cm³/mol. The van der Waals surface area contributed by atoms with E-state index in [0.29, 0.717) is 104 Å². The Morgan fingerprint density at radius 1 is 0.409 bits per heavy atom. The number of amides is 8. The maximum atomic E-state index is 14.3. The van der Waals surface area contributed by atoms with E-state index in [0.717, 1.165) is 67.1 Å². The Balaban J connectivity index is 0.000000248. The molecule has 0 aliphatic carbocycles. The highest BCUT2D eigenvalue weighted by Crippen LogP contribution is 2.43. The average molecular weight is 2150 g/mol. The van der Waals surface area contributed by atoms with E-state index in [4.69, 9.17) is 62.7 Å². The number of ether oxygens (including phenoxy) is 1. The number of hydrogen-bond donors (Lipinski definition) is 4. The summed E-state index contributed by atoms with van der Waals surface area (Å²) in [5.74, 6) is -2.27. The first-order valence-corrected chi connectivity index (χ1v) is 49.4. The number of aryl methyl sites for hydroxylation is 2. The van der Waals surface area contributed by atoms with Gasteiger partial charge in [-0.1, -0.05) is 124 Å². The molecule has 8 amide bonds. The molecule has 4 fully saturated rings. The molecule has 14 rings (SSSR count). The number of carbonyl (C=O) groups is 8. The van der Waals surface area contributed by atoms with E-state index in [-0.39, 0.29) is 150 Å². The molecule has 8 heterocycles. The van der Waals surface area contributed by atoms with Crippen molar-refractivity contribution in [2.45, 2.75) is 129 Å². The maximum absolute atomic E-state index is 14.3. The third kappa shape index (κ3) is 30.9. The standard InChI is InChI=1S/C32H32ClN3O3S.2C22H25ClF3N3O2S.C21H25Cl2N3O2S.4ClH/c1-23-19-27(39-26-11-6-3-7-12-26)14-15-28(23)36(30(37)21-33)31(29-13-8-18-40-29)32(38)35-17-16-34-25(22-35)20-24-9-4-2-5-10-24;2*1-14(2)17-13-28(9-8-27-17)21(31)20(18-7-4-10-32-18)29(19(30)12-23)16-6-3-5-15(11-16)22(24,25)26;1-13-9-16(23)6-7-17(13)26(19(27)10-22)20(18-5-4-8-29-18)21(28)25-11-14(2)24-15(3)12-25;;;;/h2-15,18-19,25,31,34H,16-17,20-22H2,1H3;2*3-7,10-11,14,17,20,27H,8-9,12-13H2,1-2H3;4-9,14-15,20,24H,10-12H2,1-3H3;4*1H/t;17-,20+;17-,20-;14-,15+,20?;;;;/m.11...../s1. The molecule has 0 radical (unpaired) electrons. The van der Waals surface area contributed by atoms with E-state index in [1.807, 2.05) is 153 Å². The first-order chi connectivity index (χ1) is 63.6. The molecule has 9 atom stereocenters. The minimum atomic E-state index is -4.59. The van der Waals surface area contributed by atoms with Crippen LogP contribution < -0.4 is 45.6 Å². The van der Waals surface area contributed by atoms with E-state index in [2.05, 4.69) is 47.2 Å². The van der Waals surface area contributed by atoms with Crippen LogP contribution in [-0.2, 0) is 57.1 Å². The van der Waals surface area contributed by atoms with Gasteiger partial charge in [0.05, 0.1) is 11.1 Å². The number of piperazine rings is 4. The lowest BCUT2D eigenvalue weighted by Crippen LogP contribution is -2.58. The lowest BCUT2D eigenvalue weighted by atomic mass is 10.0. The molecule has 742 valence electrons. The van der Waals surface area contributed by atoms with Crippen molar-refractivity contribution in [2.24, 2.45) is 11.8 Å². The van der Waals surface area contributed by atoms with Gasteiger partial charge in [-0.05, 0) is 193 Å². The Hall–Kier alpha value is -8.29. The van der Waals surface area contributed by atoms with Crippen LogP contribution in [-0.4, -0.2) is 193 Å². The highest BCUT2D eigenvalue weighted by atomic mass is 35.5. The Labute approximate surface area is 861 Å². The molecule has 4 aromatic heterocycles. The molecule has 3 unspecified atom stereocenters. The first-order valence-electron chi connectivity index (χ1n) is 43.4. The van der Waals surface area contributed by atoms with Crippen LogP contribution in [0.15, 0.2) is 216 Å². The summed E-state index contributed by atoms with van der Waals surface area (Å²) in [7, 11) is 0. The number of carbonyl (C=O) groups excluding carboxylic acids is 8. The van der Waals surface area contributed by atoms with Gasteiger partial charge in [0.2, 0.25) is 23.6 Å². The van der Waals surface area contributed by atoms with E-state index in [9.17, 15) is 64.7 Å². The summed E-state index contributed by atoms with van der Waals surface area (Å²) < 4.78 is 86.1. The first kappa shape index (κ1) is 116. The summed E-state index contributed by atoms with van der Waals surface area (Å²) in [5, 5.41) is 21.7. The zero-order chi connectivity index (χ0) is 96.0. The van der Waals surface area contributed by atoms with Crippen molar-refractivity contribution in [3.8, 4) is 11.5 Å². The van der Waals surface area contributed by atoms with Gasteiger partial charge in [-0.3, -0.25) is 58.0 Å². The Bertz CT molecular complexity index is 5340. The second-order valence-corrected chi connectivity index (χ2v) is 38.6. The molecule has 0 bridgehead atoms. The number of benzene rings is 6. The molecule has 21 nitrogen and oxygen atoms in total. The molecular weight excluding hydrogens is 2040 g/mol. The van der Waals surface area contributed by atoms with Crippen molar-refractivity contribution < 1.29 is 69.4 Å². The van der Waals surface area contributed by atoms with Gasteiger partial charge in [-0.2, -0.15) is 26.3 Å². The van der Waals surface area contributed by atoms with Crippen molar-refractivity contribution in [3.05, 3.63) is 268 Å². The molecular formula is C97H111Cl9F6N12O9S4. The highest BCUT2D eigenvalue weighted by Gasteiger charge is 2.45. The van der Waals surface area contributed by atoms with Crippen LogP contribution in [0.2, 0.25) is 5.02 Å². The van der Waals surface area contributed by atoms with Crippen LogP contribution in [0.5, 0.6) is 11.5 Å². The van der Waals surface area contributed by atoms with E-state index in [1.54, 1.807) is 67.9 Å². The average Bonchev–Trinajstić information content (AvgIpc) is 1.78. The minimum absolute atomic E-state index is 0. The molecule has 4 saturated heterocycles. The largest absolute Gasteiger partial charge is 0.457 e. The quantitative estimate of drug-likeness (QED) is 0.0293. The van der Waals surface area contributed by atoms with E-state index in [1.165, 1.54) is 80.1 Å². The summed E-state index contributed by atoms with van der Waals surface area (Å²) in [6, 6.07) is 50.8. The summed E-state index contributed by atoms with van der Waals surface area (Å²) >= 11 is 35.4. The summed E-state index contributed by atoms with van der Waals surface area (Å²) in [6.07, 6.45) is -8.35. The predicted octanol–water partition coefficient (Wildman–Crippen LogP) is 21.2. The third-order valence-electron chi connectivity index (χ3n) is 22.9. The summed E-state index contributed by atoms with van der Waals surface area (Å²) in [5.41, 5.74) is 2.27. The van der Waals surface area contributed by atoms with Gasteiger partial charge >= 0.3 is 12.4 Å². The number of alkyl halides is 10. The minimum Gasteiger partial charge on any atom is -0.457 e. The van der Waals surface area contributed by atoms with Crippen molar-refractivity contribution in [2.75, 3.05) is 115 Å². The van der Waals surface area contributed by atoms with Gasteiger partial charge < -0.3 is 45.6 Å². The summed E-state index contributed by atoms with van der Waals surface area (Å²) in [4.78, 5) is 123. The van der Waals surface area contributed by atoms with Gasteiger partial charge in [-0.15, -0.1) is 141 Å². The Kier molecular flexibility index (Phi) is 46.1. The maximum Gasteiger partial charge on any atom is 0.416 e. The molecule has 0 spiro atoms. The van der Waals surface area contributed by atoms with Gasteiger partial charge in [0.25, 0.3) is 23.6 Å².